The van der Waals surface area contributed by atoms with Gasteiger partial charge in [0.1, 0.15) is 0 Å². The van der Waals surface area contributed by atoms with Crippen molar-refractivity contribution in [3.05, 3.63) is 356 Å². The Labute approximate surface area is 618 Å². The van der Waals surface area contributed by atoms with Crippen LogP contribution in [0.3, 0.4) is 0 Å². The highest BCUT2D eigenvalue weighted by Crippen LogP contribution is 2.43. The Bertz CT molecular complexity index is 4720. The van der Waals surface area contributed by atoms with Crippen LogP contribution in [0.15, 0.2) is 322 Å². The van der Waals surface area contributed by atoms with Crippen molar-refractivity contribution < 1.29 is 28.5 Å². The van der Waals surface area contributed by atoms with Crippen LogP contribution in [0.1, 0.15) is 89.3 Å². The first-order valence-corrected chi connectivity index (χ1v) is 33.9. The normalized spacial score (nSPS) is 13.5. The van der Waals surface area contributed by atoms with Gasteiger partial charge in [0, 0.05) is 74.2 Å². The van der Waals surface area contributed by atoms with E-state index in [-0.39, 0.29) is 73.2 Å². The van der Waals surface area contributed by atoms with Crippen molar-refractivity contribution in [2.24, 2.45) is 5.92 Å². The number of nitrogens with zero attached hydrogens (tertiary/aromatic N) is 4. The molecule has 0 bridgehead atoms. The van der Waals surface area contributed by atoms with Crippen molar-refractivity contribution in [3.8, 4) is 22.3 Å². The van der Waals surface area contributed by atoms with Crippen LogP contribution < -0.4 is 19.6 Å². The van der Waals surface area contributed by atoms with E-state index in [1.54, 1.807) is 0 Å². The van der Waals surface area contributed by atoms with Crippen LogP contribution in [0, 0.1) is 33.6 Å². The van der Waals surface area contributed by atoms with Crippen LogP contribution in [-0.2, 0) is 28.5 Å². The third kappa shape index (κ3) is 19.0. The molecule has 2 heterocycles. The lowest BCUT2D eigenvalue weighted by molar-refractivity contribution is -0.195. The zero-order chi connectivity index (χ0) is 69.3. The number of carbonyl (C=O) groups is 2. The topological polar surface area (TPSA) is 84.0 Å². The van der Waals surface area contributed by atoms with Crippen molar-refractivity contribution in [3.63, 3.8) is 0 Å². The number of ether oxygens (including phenoxy) is 4. The number of esters is 2. The number of carbonyl (C=O) groups excluding carboxylic acids is 2. The number of anilines is 12. The minimum atomic E-state index is -0.341. The molecule has 3 unspecified atom stereocenters. The highest BCUT2D eigenvalue weighted by Gasteiger charge is 2.37. The van der Waals surface area contributed by atoms with Gasteiger partial charge in [0.25, 0.3) is 0 Å². The summed E-state index contributed by atoms with van der Waals surface area (Å²) < 4.78 is 19.9. The Hall–Kier alpha value is -12.0. The molecule has 14 rings (SSSR count). The number of hydrogen-bond acceptors (Lipinski definition) is 10. The van der Waals surface area contributed by atoms with Crippen LogP contribution in [0.2, 0.25) is 0 Å². The van der Waals surface area contributed by atoms with Gasteiger partial charge in [-0.05, 0) is 242 Å². The standard InChI is InChI=1S/C46H44N2O3.C40H34N2.C4H4O3.4CH4/c1-5-44(45-34(4)46(49)51-31-50-45)37-21-27-41(28-22-37)48(43-16-10-12-33(3)30-43)40-25-19-36(20-26-40)35-17-23-39(24-18-35)47(38-13-7-6-8-14-38)42-15-9-11-32(2)29-42;1-4-32-16-22-36(23-17-32)42(40-15-9-11-31(3)29-40)38-26-20-34(21-27-38)33-18-24-37(25-19-33)41(35-12-6-5-7-13-35)39-14-8-10-30(2)28-39;5-4-1-2-6-3-7-4;;;;/h6-30,34,44-45H,5,31H2,1-4H3;4-29H,1H2,2-3H3;1-2H,3H2;4*1H4. The Morgan fingerprint density at radius 3 is 0.971 bits per heavy atom. The number of benzene rings is 12. The van der Waals surface area contributed by atoms with Gasteiger partial charge < -0.3 is 38.5 Å². The lowest BCUT2D eigenvalue weighted by atomic mass is 9.84. The first kappa shape index (κ1) is 77.8. The molecule has 530 valence electrons. The van der Waals surface area contributed by atoms with E-state index in [0.717, 1.165) is 96.9 Å². The molecule has 0 amide bonds. The summed E-state index contributed by atoms with van der Waals surface area (Å²) in [5.74, 6) is -0.747. The maximum Gasteiger partial charge on any atom is 0.336 e. The Morgan fingerprint density at radius 1 is 0.385 bits per heavy atom. The van der Waals surface area contributed by atoms with Gasteiger partial charge in [-0.1, -0.05) is 207 Å². The zero-order valence-corrected chi connectivity index (χ0v) is 57.4. The molecule has 0 saturated carbocycles. The summed E-state index contributed by atoms with van der Waals surface area (Å²) in [6.07, 6.45) is 5.07. The van der Waals surface area contributed by atoms with Crippen LogP contribution >= 0.6 is 0 Å². The fraction of sp³-hybridized carbons (Fsp3) is 0.170. The molecule has 2 aliphatic rings. The first-order chi connectivity index (χ1) is 48.9. The summed E-state index contributed by atoms with van der Waals surface area (Å²) in [6.45, 7) is 16.5. The fourth-order valence-electron chi connectivity index (χ4n) is 12.8. The highest BCUT2D eigenvalue weighted by atomic mass is 16.7. The monoisotopic (exact) mass is 1380 g/mol. The lowest BCUT2D eigenvalue weighted by Gasteiger charge is -2.34. The average Bonchev–Trinajstić information content (AvgIpc) is 0.809. The van der Waals surface area contributed by atoms with E-state index in [9.17, 15) is 9.59 Å². The maximum absolute atomic E-state index is 12.3. The summed E-state index contributed by atoms with van der Waals surface area (Å²) >= 11 is 0. The molecule has 3 atom stereocenters. The Kier molecular flexibility index (Phi) is 27.7. The number of aryl methyl sites for hydroxylation is 4. The largest absolute Gasteiger partial charge is 0.465 e. The molecule has 10 nitrogen and oxygen atoms in total. The molecule has 1 fully saturated rings. The Balaban J connectivity index is 0.000000235. The van der Waals surface area contributed by atoms with Crippen molar-refractivity contribution >= 4 is 86.3 Å². The SMILES string of the molecule is C.C.C.C.C=Cc1ccc(N(c2ccc(-c3ccc(N(c4ccccc4)c4cccc(C)c4)cc3)cc2)c2cccc(C)c2)cc1.CCC(c1ccc(N(c2ccc(-c3ccc(N(c4ccccc4)c4cccc(C)c4)cc3)cc2)c2cccc(C)c2)cc1)C1OCOC(=O)C1C.O=C1C=COCO1. The first-order valence-electron chi connectivity index (χ1n) is 33.9. The van der Waals surface area contributed by atoms with E-state index < -0.39 is 0 Å². The number of hydrogen-bond donors (Lipinski definition) is 0. The summed E-state index contributed by atoms with van der Waals surface area (Å²) in [6, 6.07) is 108. The van der Waals surface area contributed by atoms with Gasteiger partial charge in [-0.25, -0.2) is 4.79 Å². The summed E-state index contributed by atoms with van der Waals surface area (Å²) in [4.78, 5) is 31.6. The van der Waals surface area contributed by atoms with Gasteiger partial charge in [-0.15, -0.1) is 0 Å². The van der Waals surface area contributed by atoms with Gasteiger partial charge in [0.15, 0.2) is 6.79 Å². The molecular weight excluding hydrogens is 1280 g/mol. The van der Waals surface area contributed by atoms with Gasteiger partial charge in [0.2, 0.25) is 6.79 Å². The van der Waals surface area contributed by atoms with E-state index in [1.165, 1.54) is 45.7 Å². The van der Waals surface area contributed by atoms with Crippen molar-refractivity contribution in [2.45, 2.75) is 89.7 Å². The third-order valence-electron chi connectivity index (χ3n) is 17.9. The fourth-order valence-corrected chi connectivity index (χ4v) is 12.8. The van der Waals surface area contributed by atoms with Crippen LogP contribution in [-0.4, -0.2) is 31.6 Å². The van der Waals surface area contributed by atoms with Crippen LogP contribution in [0.5, 0.6) is 0 Å². The maximum atomic E-state index is 12.3. The van der Waals surface area contributed by atoms with E-state index in [2.05, 4.69) is 374 Å². The lowest BCUT2D eigenvalue weighted by Crippen LogP contribution is -2.40. The second-order valence-electron chi connectivity index (χ2n) is 25.0. The van der Waals surface area contributed by atoms with Crippen molar-refractivity contribution in [1.29, 1.82) is 0 Å². The minimum Gasteiger partial charge on any atom is -0.465 e. The zero-order valence-electron chi connectivity index (χ0n) is 57.4. The van der Waals surface area contributed by atoms with Gasteiger partial charge in [-0.3, -0.25) is 4.79 Å². The summed E-state index contributed by atoms with van der Waals surface area (Å²) in [5, 5.41) is 0. The number of cyclic esters (lactones) is 2. The second kappa shape index (κ2) is 37.1. The molecule has 2 aliphatic heterocycles. The van der Waals surface area contributed by atoms with E-state index in [1.807, 2.05) is 13.0 Å². The molecule has 1 saturated heterocycles. The van der Waals surface area contributed by atoms with E-state index in [0.29, 0.717) is 0 Å². The minimum absolute atomic E-state index is 0. The molecule has 12 aromatic rings. The molecule has 0 radical (unpaired) electrons. The predicted molar refractivity (Wildman–Crippen MR) is 438 cm³/mol. The summed E-state index contributed by atoms with van der Waals surface area (Å²) in [5.41, 5.74) is 25.2. The van der Waals surface area contributed by atoms with Crippen molar-refractivity contribution in [1.82, 2.24) is 0 Å². The van der Waals surface area contributed by atoms with Crippen molar-refractivity contribution in [2.75, 3.05) is 33.2 Å². The number of rotatable bonds is 18. The molecule has 0 aromatic heterocycles. The molecule has 0 N–H and O–H groups in total. The molecule has 0 aliphatic carbocycles. The quantitative estimate of drug-likeness (QED) is 0.0775. The summed E-state index contributed by atoms with van der Waals surface area (Å²) in [7, 11) is 0. The molecule has 10 heteroatoms. The number of para-hydroxylation sites is 2. The second-order valence-corrected chi connectivity index (χ2v) is 25.0. The predicted octanol–water partition coefficient (Wildman–Crippen LogP) is 26.1. The molecule has 104 heavy (non-hydrogen) atoms. The van der Waals surface area contributed by atoms with Crippen LogP contribution in [0.25, 0.3) is 28.3 Å². The third-order valence-corrected chi connectivity index (χ3v) is 17.9. The van der Waals surface area contributed by atoms with Gasteiger partial charge in [-0.2, -0.15) is 0 Å². The highest BCUT2D eigenvalue weighted by molar-refractivity contribution is 5.85. The molecule has 0 spiro atoms. The molecule has 12 aromatic carbocycles. The van der Waals surface area contributed by atoms with E-state index >= 15 is 0 Å². The average molecular weight is 1380 g/mol. The van der Waals surface area contributed by atoms with E-state index in [4.69, 9.17) is 9.47 Å². The van der Waals surface area contributed by atoms with Gasteiger partial charge in [0.05, 0.1) is 24.4 Å². The van der Waals surface area contributed by atoms with Gasteiger partial charge >= 0.3 is 11.9 Å². The van der Waals surface area contributed by atoms with Crippen LogP contribution in [0.4, 0.5) is 68.2 Å². The smallest absolute Gasteiger partial charge is 0.336 e. The molecular formula is C94H98N4O6. The Morgan fingerprint density at radius 2 is 0.692 bits per heavy atom.